The standard InChI is InChI=1S/C16H23N3O3S/c1-11(20)18-12-3-6-19(9-12)15(21)17-10-16(2)13-5-8-23-14(13)4-7-22-16/h5,8,12H,3-4,6-7,9-10H2,1-2H3,(H,17,21)(H,18,20). The third-order valence-electron chi connectivity index (χ3n) is 4.52. The Bertz CT molecular complexity index is 603. The highest BCUT2D eigenvalue weighted by atomic mass is 32.1. The molecule has 0 saturated carbocycles. The van der Waals surface area contributed by atoms with E-state index in [-0.39, 0.29) is 18.0 Å². The smallest absolute Gasteiger partial charge is 0.317 e. The van der Waals surface area contributed by atoms with Crippen molar-refractivity contribution >= 4 is 23.3 Å². The van der Waals surface area contributed by atoms with Crippen LogP contribution in [0.25, 0.3) is 0 Å². The number of nitrogens with one attached hydrogen (secondary N) is 2. The molecule has 2 N–H and O–H groups in total. The van der Waals surface area contributed by atoms with Crippen LogP contribution in [-0.4, -0.2) is 49.1 Å². The first kappa shape index (κ1) is 16.3. The van der Waals surface area contributed by atoms with E-state index in [0.29, 0.717) is 26.2 Å². The summed E-state index contributed by atoms with van der Waals surface area (Å²) < 4.78 is 5.95. The second kappa shape index (κ2) is 6.49. The van der Waals surface area contributed by atoms with Crippen molar-refractivity contribution in [1.29, 1.82) is 0 Å². The van der Waals surface area contributed by atoms with Gasteiger partial charge in [-0.1, -0.05) is 0 Å². The van der Waals surface area contributed by atoms with Crippen LogP contribution in [0.2, 0.25) is 0 Å². The second-order valence-corrected chi connectivity index (χ2v) is 7.38. The number of fused-ring (bicyclic) bond motifs is 1. The first-order valence-corrected chi connectivity index (χ1v) is 8.86. The van der Waals surface area contributed by atoms with Crippen molar-refractivity contribution in [2.45, 2.75) is 38.3 Å². The molecular formula is C16H23N3O3S. The normalized spacial score (nSPS) is 26.7. The van der Waals surface area contributed by atoms with Crippen LogP contribution in [0.5, 0.6) is 0 Å². The van der Waals surface area contributed by atoms with Gasteiger partial charge < -0.3 is 20.3 Å². The Morgan fingerprint density at radius 2 is 2.35 bits per heavy atom. The van der Waals surface area contributed by atoms with Crippen molar-refractivity contribution in [3.05, 3.63) is 21.9 Å². The highest BCUT2D eigenvalue weighted by molar-refractivity contribution is 7.10. The topological polar surface area (TPSA) is 70.7 Å². The Hall–Kier alpha value is -1.60. The van der Waals surface area contributed by atoms with Gasteiger partial charge in [0.25, 0.3) is 0 Å². The Balaban J connectivity index is 1.55. The van der Waals surface area contributed by atoms with Crippen LogP contribution < -0.4 is 10.6 Å². The fraction of sp³-hybridized carbons (Fsp3) is 0.625. The number of hydrogen-bond donors (Lipinski definition) is 2. The van der Waals surface area contributed by atoms with Crippen molar-refractivity contribution in [3.8, 4) is 0 Å². The Labute approximate surface area is 140 Å². The zero-order chi connectivity index (χ0) is 16.4. The van der Waals surface area contributed by atoms with Gasteiger partial charge in [-0.25, -0.2) is 4.79 Å². The molecule has 0 bridgehead atoms. The molecule has 0 spiro atoms. The molecule has 1 saturated heterocycles. The molecule has 2 aliphatic rings. The molecule has 7 heteroatoms. The van der Waals surface area contributed by atoms with Crippen LogP contribution in [0.15, 0.2) is 11.4 Å². The Morgan fingerprint density at radius 3 is 3.13 bits per heavy atom. The van der Waals surface area contributed by atoms with Gasteiger partial charge in [-0.3, -0.25) is 4.79 Å². The Morgan fingerprint density at radius 1 is 1.52 bits per heavy atom. The zero-order valence-corrected chi connectivity index (χ0v) is 14.4. The molecule has 1 aromatic rings. The molecule has 23 heavy (non-hydrogen) atoms. The molecule has 0 aliphatic carbocycles. The van der Waals surface area contributed by atoms with Crippen LogP contribution in [0, 0.1) is 0 Å². The molecule has 2 unspecified atom stereocenters. The quantitative estimate of drug-likeness (QED) is 0.877. The Kier molecular flexibility index (Phi) is 4.59. The number of amides is 3. The molecule has 3 amide bonds. The molecule has 3 heterocycles. The SMILES string of the molecule is CC(=O)NC1CCN(C(=O)NCC2(C)OCCc3sccc32)C1. The van der Waals surface area contributed by atoms with Crippen LogP contribution in [0.1, 0.15) is 30.7 Å². The minimum absolute atomic E-state index is 0.0506. The monoisotopic (exact) mass is 337 g/mol. The number of thiophene rings is 1. The molecule has 2 aliphatic heterocycles. The van der Waals surface area contributed by atoms with Crippen LogP contribution >= 0.6 is 11.3 Å². The highest BCUT2D eigenvalue weighted by Crippen LogP contribution is 2.35. The van der Waals surface area contributed by atoms with E-state index in [1.807, 2.05) is 6.92 Å². The fourth-order valence-corrected chi connectivity index (χ4v) is 4.28. The van der Waals surface area contributed by atoms with Gasteiger partial charge in [0.05, 0.1) is 13.2 Å². The van der Waals surface area contributed by atoms with Crippen molar-refractivity contribution < 1.29 is 14.3 Å². The van der Waals surface area contributed by atoms with E-state index in [4.69, 9.17) is 4.74 Å². The lowest BCUT2D eigenvalue weighted by molar-refractivity contribution is -0.119. The van der Waals surface area contributed by atoms with Crippen LogP contribution in [0.4, 0.5) is 4.79 Å². The van der Waals surface area contributed by atoms with E-state index in [9.17, 15) is 9.59 Å². The van der Waals surface area contributed by atoms with Crippen LogP contribution in [0.3, 0.4) is 0 Å². The minimum atomic E-state index is -0.458. The van der Waals surface area contributed by atoms with Gasteiger partial charge in [0.2, 0.25) is 5.91 Å². The number of ether oxygens (including phenoxy) is 1. The maximum atomic E-state index is 12.4. The van der Waals surface area contributed by atoms with E-state index >= 15 is 0 Å². The lowest BCUT2D eigenvalue weighted by Crippen LogP contribution is -2.48. The van der Waals surface area contributed by atoms with E-state index in [1.54, 1.807) is 16.2 Å². The number of carbonyl (C=O) groups excluding carboxylic acids is 2. The minimum Gasteiger partial charge on any atom is -0.368 e. The average molecular weight is 337 g/mol. The summed E-state index contributed by atoms with van der Waals surface area (Å²) in [5.74, 6) is -0.0506. The summed E-state index contributed by atoms with van der Waals surface area (Å²) in [4.78, 5) is 26.6. The van der Waals surface area contributed by atoms with Crippen molar-refractivity contribution in [3.63, 3.8) is 0 Å². The number of hydrogen-bond acceptors (Lipinski definition) is 4. The predicted molar refractivity (Wildman–Crippen MR) is 88.5 cm³/mol. The molecule has 0 aromatic carbocycles. The summed E-state index contributed by atoms with van der Waals surface area (Å²) in [6.07, 6.45) is 1.75. The molecule has 3 rings (SSSR count). The largest absolute Gasteiger partial charge is 0.368 e. The third kappa shape index (κ3) is 3.50. The van der Waals surface area contributed by atoms with Gasteiger partial charge in [0.1, 0.15) is 5.60 Å². The number of urea groups is 1. The van der Waals surface area contributed by atoms with Gasteiger partial charge in [0.15, 0.2) is 0 Å². The first-order valence-electron chi connectivity index (χ1n) is 7.98. The van der Waals surface area contributed by atoms with Crippen molar-refractivity contribution in [1.82, 2.24) is 15.5 Å². The fourth-order valence-electron chi connectivity index (χ4n) is 3.30. The van der Waals surface area contributed by atoms with Crippen molar-refractivity contribution in [2.24, 2.45) is 0 Å². The van der Waals surface area contributed by atoms with Gasteiger partial charge >= 0.3 is 6.03 Å². The average Bonchev–Trinajstić information content (AvgIpc) is 3.14. The maximum absolute atomic E-state index is 12.4. The van der Waals surface area contributed by atoms with Gasteiger partial charge in [0, 0.05) is 37.4 Å². The highest BCUT2D eigenvalue weighted by Gasteiger charge is 2.35. The summed E-state index contributed by atoms with van der Waals surface area (Å²) in [7, 11) is 0. The van der Waals surface area contributed by atoms with Crippen molar-refractivity contribution in [2.75, 3.05) is 26.2 Å². The van der Waals surface area contributed by atoms with Gasteiger partial charge in [-0.15, -0.1) is 11.3 Å². The van der Waals surface area contributed by atoms with Crippen LogP contribution in [-0.2, 0) is 21.6 Å². The third-order valence-corrected chi connectivity index (χ3v) is 5.51. The van der Waals surface area contributed by atoms with Gasteiger partial charge in [-0.05, 0) is 30.4 Å². The number of carbonyl (C=O) groups is 2. The molecular weight excluding hydrogens is 314 g/mol. The number of rotatable bonds is 3. The molecule has 1 aromatic heterocycles. The van der Waals surface area contributed by atoms with E-state index in [2.05, 4.69) is 22.1 Å². The lowest BCUT2D eigenvalue weighted by Gasteiger charge is -2.35. The molecule has 0 radical (unpaired) electrons. The summed E-state index contributed by atoms with van der Waals surface area (Å²) >= 11 is 1.75. The first-order chi connectivity index (χ1) is 11.0. The van der Waals surface area contributed by atoms with E-state index < -0.39 is 5.60 Å². The number of nitrogens with zero attached hydrogens (tertiary/aromatic N) is 1. The summed E-state index contributed by atoms with van der Waals surface area (Å²) in [5, 5.41) is 7.94. The summed E-state index contributed by atoms with van der Waals surface area (Å²) in [5.41, 5.74) is 0.728. The van der Waals surface area contributed by atoms with E-state index in [0.717, 1.165) is 12.8 Å². The van der Waals surface area contributed by atoms with Gasteiger partial charge in [-0.2, -0.15) is 0 Å². The van der Waals surface area contributed by atoms with E-state index in [1.165, 1.54) is 17.4 Å². The molecule has 6 nitrogen and oxygen atoms in total. The zero-order valence-electron chi connectivity index (χ0n) is 13.6. The lowest BCUT2D eigenvalue weighted by atomic mass is 9.93. The maximum Gasteiger partial charge on any atom is 0.317 e. The molecule has 1 fully saturated rings. The predicted octanol–water partition coefficient (Wildman–Crippen LogP) is 1.46. The second-order valence-electron chi connectivity index (χ2n) is 6.38. The summed E-state index contributed by atoms with van der Waals surface area (Å²) in [6, 6.07) is 2.06. The summed E-state index contributed by atoms with van der Waals surface area (Å²) in [6.45, 7) is 5.90. The molecule has 126 valence electrons. The molecule has 2 atom stereocenters. The number of likely N-dealkylation sites (tertiary alicyclic amines) is 1.